The van der Waals surface area contributed by atoms with Crippen LogP contribution in [0.25, 0.3) is 11.3 Å². The average molecular weight is 217 g/mol. The molecule has 0 aliphatic carbocycles. The van der Waals surface area contributed by atoms with E-state index >= 15 is 0 Å². The molecule has 16 heavy (non-hydrogen) atoms. The summed E-state index contributed by atoms with van der Waals surface area (Å²) in [4.78, 5) is 14.8. The van der Waals surface area contributed by atoms with Gasteiger partial charge < -0.3 is 5.11 Å². The molecule has 0 aliphatic rings. The summed E-state index contributed by atoms with van der Waals surface area (Å²) < 4.78 is 1.55. The van der Waals surface area contributed by atoms with Gasteiger partial charge in [-0.2, -0.15) is 5.10 Å². The molecule has 0 unspecified atom stereocenters. The lowest BCUT2D eigenvalue weighted by Gasteiger charge is -2.03. The summed E-state index contributed by atoms with van der Waals surface area (Å²) in [6.07, 6.45) is 3.41. The third-order valence-electron chi connectivity index (χ3n) is 2.41. The van der Waals surface area contributed by atoms with Gasteiger partial charge in [0, 0.05) is 25.0 Å². The molecule has 5 heteroatoms. The van der Waals surface area contributed by atoms with Crippen molar-refractivity contribution in [3.63, 3.8) is 0 Å². The molecule has 2 rings (SSSR count). The molecule has 2 aromatic rings. The zero-order valence-electron chi connectivity index (χ0n) is 9.01. The highest BCUT2D eigenvalue weighted by atomic mass is 16.4. The van der Waals surface area contributed by atoms with Crippen molar-refractivity contribution in [1.82, 2.24) is 14.8 Å². The highest BCUT2D eigenvalue weighted by Crippen LogP contribution is 2.22. The second-order valence-electron chi connectivity index (χ2n) is 3.53. The molecule has 2 heterocycles. The van der Waals surface area contributed by atoms with E-state index in [0.717, 1.165) is 16.8 Å². The van der Waals surface area contributed by atoms with E-state index < -0.39 is 5.97 Å². The van der Waals surface area contributed by atoms with Crippen LogP contribution in [0, 0.1) is 6.92 Å². The Bertz CT molecular complexity index is 546. The molecule has 0 spiro atoms. The zero-order chi connectivity index (χ0) is 11.7. The zero-order valence-corrected chi connectivity index (χ0v) is 9.01. The summed E-state index contributed by atoms with van der Waals surface area (Å²) in [6, 6.07) is 3.43. The predicted octanol–water partition coefficient (Wildman–Crippen LogP) is 1.49. The number of pyridine rings is 1. The van der Waals surface area contributed by atoms with Crippen LogP contribution in [0.2, 0.25) is 0 Å². The van der Waals surface area contributed by atoms with Crippen LogP contribution in [0.15, 0.2) is 24.5 Å². The molecule has 82 valence electrons. The van der Waals surface area contributed by atoms with Crippen molar-refractivity contribution in [2.24, 2.45) is 7.05 Å². The van der Waals surface area contributed by atoms with E-state index in [4.69, 9.17) is 5.11 Å². The maximum atomic E-state index is 10.8. The molecule has 0 bridgehead atoms. The van der Waals surface area contributed by atoms with Crippen LogP contribution in [0.3, 0.4) is 0 Å². The van der Waals surface area contributed by atoms with Crippen molar-refractivity contribution in [3.05, 3.63) is 35.8 Å². The van der Waals surface area contributed by atoms with Crippen molar-refractivity contribution in [2.75, 3.05) is 0 Å². The molecule has 0 atom stereocenters. The van der Waals surface area contributed by atoms with Gasteiger partial charge >= 0.3 is 5.97 Å². The summed E-state index contributed by atoms with van der Waals surface area (Å²) in [5.41, 5.74) is 2.73. The summed E-state index contributed by atoms with van der Waals surface area (Å²) in [7, 11) is 1.72. The molecule has 0 saturated heterocycles. The topological polar surface area (TPSA) is 68.0 Å². The van der Waals surface area contributed by atoms with Gasteiger partial charge in [0.05, 0.1) is 5.69 Å². The number of carboxylic acid groups (broad SMARTS) is 1. The first kappa shape index (κ1) is 10.4. The Labute approximate surface area is 92.4 Å². The van der Waals surface area contributed by atoms with E-state index in [2.05, 4.69) is 10.1 Å². The number of aryl methyl sites for hydroxylation is 2. The van der Waals surface area contributed by atoms with Crippen LogP contribution in [0.5, 0.6) is 0 Å². The number of rotatable bonds is 2. The van der Waals surface area contributed by atoms with Crippen LogP contribution in [0.4, 0.5) is 0 Å². The lowest BCUT2D eigenvalue weighted by atomic mass is 10.1. The van der Waals surface area contributed by atoms with Gasteiger partial charge in [0.2, 0.25) is 0 Å². The molecular formula is C11H11N3O2. The second kappa shape index (κ2) is 3.77. The molecule has 0 radical (unpaired) electrons. The highest BCUT2D eigenvalue weighted by Gasteiger charge is 2.13. The fourth-order valence-corrected chi connectivity index (χ4v) is 1.56. The smallest absolute Gasteiger partial charge is 0.356 e. The number of nitrogens with zero attached hydrogens (tertiary/aromatic N) is 3. The number of hydrogen-bond acceptors (Lipinski definition) is 3. The van der Waals surface area contributed by atoms with E-state index in [1.807, 2.05) is 13.0 Å². The van der Waals surface area contributed by atoms with E-state index in [0.29, 0.717) is 0 Å². The molecule has 2 aromatic heterocycles. The Morgan fingerprint density at radius 3 is 2.81 bits per heavy atom. The first-order valence-electron chi connectivity index (χ1n) is 4.78. The lowest BCUT2D eigenvalue weighted by molar-refractivity contribution is 0.0689. The number of carboxylic acids is 1. The number of hydrogen-bond donors (Lipinski definition) is 1. The normalized spacial score (nSPS) is 10.4. The van der Waals surface area contributed by atoms with Crippen LogP contribution in [-0.2, 0) is 7.05 Å². The van der Waals surface area contributed by atoms with Gasteiger partial charge in [-0.1, -0.05) is 0 Å². The van der Waals surface area contributed by atoms with E-state index in [1.165, 1.54) is 0 Å². The molecule has 5 nitrogen and oxygen atoms in total. The minimum Gasteiger partial charge on any atom is -0.476 e. The van der Waals surface area contributed by atoms with Crippen LogP contribution in [0.1, 0.15) is 16.1 Å². The Hall–Kier alpha value is -2.17. The van der Waals surface area contributed by atoms with Crippen molar-refractivity contribution in [3.8, 4) is 11.3 Å². The number of aromatic nitrogens is 3. The predicted molar refractivity (Wildman–Crippen MR) is 58.1 cm³/mol. The van der Waals surface area contributed by atoms with Gasteiger partial charge in [-0.05, 0) is 24.6 Å². The average Bonchev–Trinajstić information content (AvgIpc) is 2.61. The Balaban J connectivity index is 2.57. The Morgan fingerprint density at radius 2 is 2.25 bits per heavy atom. The summed E-state index contributed by atoms with van der Waals surface area (Å²) in [6.45, 7) is 1.95. The SMILES string of the molecule is Cc1ccncc1-c1cc(C(=O)O)nn1C. The summed E-state index contributed by atoms with van der Waals surface area (Å²) in [5.74, 6) is -1.02. The second-order valence-corrected chi connectivity index (χ2v) is 3.53. The number of aromatic carboxylic acids is 1. The molecule has 0 saturated carbocycles. The van der Waals surface area contributed by atoms with Crippen molar-refractivity contribution in [1.29, 1.82) is 0 Å². The molecule has 0 aromatic carbocycles. The standard InChI is InChI=1S/C11H11N3O2/c1-7-3-4-12-6-8(7)10-5-9(11(15)16)13-14(10)2/h3-6H,1-2H3,(H,15,16). The molecule has 0 aliphatic heterocycles. The maximum absolute atomic E-state index is 10.8. The monoisotopic (exact) mass is 217 g/mol. The van der Waals surface area contributed by atoms with Gasteiger partial charge in [-0.3, -0.25) is 9.67 Å². The molecule has 0 fully saturated rings. The summed E-state index contributed by atoms with van der Waals surface area (Å²) in [5, 5.41) is 12.8. The van der Waals surface area contributed by atoms with Gasteiger partial charge in [-0.15, -0.1) is 0 Å². The Morgan fingerprint density at radius 1 is 1.50 bits per heavy atom. The third kappa shape index (κ3) is 1.67. The maximum Gasteiger partial charge on any atom is 0.356 e. The Kier molecular flexibility index (Phi) is 2.44. The lowest BCUT2D eigenvalue weighted by Crippen LogP contribution is -1.99. The van der Waals surface area contributed by atoms with Crippen molar-refractivity contribution < 1.29 is 9.90 Å². The first-order valence-corrected chi connectivity index (χ1v) is 4.78. The molecule has 1 N–H and O–H groups in total. The van der Waals surface area contributed by atoms with E-state index in [9.17, 15) is 4.79 Å². The summed E-state index contributed by atoms with van der Waals surface area (Å²) >= 11 is 0. The molecule has 0 amide bonds. The van der Waals surface area contributed by atoms with E-state index in [-0.39, 0.29) is 5.69 Å². The van der Waals surface area contributed by atoms with Gasteiger partial charge in [0.1, 0.15) is 0 Å². The number of carbonyl (C=O) groups is 1. The van der Waals surface area contributed by atoms with Gasteiger partial charge in [0.25, 0.3) is 0 Å². The van der Waals surface area contributed by atoms with Gasteiger partial charge in [0.15, 0.2) is 5.69 Å². The molecular weight excluding hydrogens is 206 g/mol. The largest absolute Gasteiger partial charge is 0.476 e. The van der Waals surface area contributed by atoms with E-state index in [1.54, 1.807) is 30.2 Å². The van der Waals surface area contributed by atoms with Crippen LogP contribution in [-0.4, -0.2) is 25.8 Å². The van der Waals surface area contributed by atoms with Gasteiger partial charge in [-0.25, -0.2) is 4.79 Å². The van der Waals surface area contributed by atoms with Crippen LogP contribution >= 0.6 is 0 Å². The minimum atomic E-state index is -1.02. The fraction of sp³-hybridized carbons (Fsp3) is 0.182. The third-order valence-corrected chi connectivity index (χ3v) is 2.41. The fourth-order valence-electron chi connectivity index (χ4n) is 1.56. The van der Waals surface area contributed by atoms with Crippen molar-refractivity contribution >= 4 is 5.97 Å². The first-order chi connectivity index (χ1) is 7.59. The highest BCUT2D eigenvalue weighted by molar-refractivity contribution is 5.87. The van der Waals surface area contributed by atoms with Crippen LogP contribution < -0.4 is 0 Å². The van der Waals surface area contributed by atoms with Crippen molar-refractivity contribution in [2.45, 2.75) is 6.92 Å². The minimum absolute atomic E-state index is 0.0424. The quantitative estimate of drug-likeness (QED) is 0.827.